The van der Waals surface area contributed by atoms with E-state index < -0.39 is 31.0 Å². The number of rotatable bonds is 5. The van der Waals surface area contributed by atoms with Crippen LogP contribution in [-0.4, -0.2) is 76.4 Å². The molecule has 0 aromatic heterocycles. The number of nitrogens with zero attached hydrogens (tertiary/aromatic N) is 2. The average Bonchev–Trinajstić information content (AvgIpc) is 2.74. The van der Waals surface area contributed by atoms with Crippen molar-refractivity contribution in [3.05, 3.63) is 0 Å². The summed E-state index contributed by atoms with van der Waals surface area (Å²) in [7, 11) is -3.78. The summed E-state index contributed by atoms with van der Waals surface area (Å²) < 4.78 is 47.0. The third kappa shape index (κ3) is 4.16. The molecule has 1 amide bonds. The quantitative estimate of drug-likeness (QED) is 0.666. The van der Waals surface area contributed by atoms with E-state index in [9.17, 15) is 21.6 Å². The van der Waals surface area contributed by atoms with E-state index in [1.54, 1.807) is 0 Å². The predicted molar refractivity (Wildman–Crippen MR) is 76.5 cm³/mol. The standard InChI is InChI=1S/C11H22N2O5S2/c1-12(20(4,17)18)8-11(14)13(2)9-6-5-7-10(9)19(3,15)16/h9-10H,5-8H2,1-4H3/t9-,10+/m1/s1. The van der Waals surface area contributed by atoms with Gasteiger partial charge in [0.25, 0.3) is 0 Å². The van der Waals surface area contributed by atoms with Gasteiger partial charge in [-0.25, -0.2) is 16.8 Å². The Morgan fingerprint density at radius 3 is 2.10 bits per heavy atom. The van der Waals surface area contributed by atoms with Crippen LogP contribution in [0.15, 0.2) is 0 Å². The molecule has 1 aliphatic carbocycles. The minimum absolute atomic E-state index is 0.275. The van der Waals surface area contributed by atoms with Crippen LogP contribution >= 0.6 is 0 Å². The van der Waals surface area contributed by atoms with Crippen molar-refractivity contribution in [2.45, 2.75) is 30.6 Å². The van der Waals surface area contributed by atoms with Crippen molar-refractivity contribution >= 4 is 25.8 Å². The molecule has 9 heteroatoms. The molecule has 118 valence electrons. The lowest BCUT2D eigenvalue weighted by atomic mass is 10.2. The number of hydrogen-bond acceptors (Lipinski definition) is 5. The third-order valence-corrected chi connectivity index (χ3v) is 6.69. The molecule has 0 N–H and O–H groups in total. The fourth-order valence-corrected chi connectivity index (χ4v) is 4.28. The van der Waals surface area contributed by atoms with Crippen LogP contribution in [0.2, 0.25) is 0 Å². The molecule has 1 saturated carbocycles. The number of carbonyl (C=O) groups excluding carboxylic acids is 1. The highest BCUT2D eigenvalue weighted by molar-refractivity contribution is 7.91. The Balaban J connectivity index is 2.79. The highest BCUT2D eigenvalue weighted by atomic mass is 32.2. The van der Waals surface area contributed by atoms with Gasteiger partial charge in [0.2, 0.25) is 15.9 Å². The largest absolute Gasteiger partial charge is 0.340 e. The van der Waals surface area contributed by atoms with Crippen LogP contribution in [0.3, 0.4) is 0 Å². The number of hydrogen-bond donors (Lipinski definition) is 0. The normalized spacial score (nSPS) is 24.1. The molecule has 0 aromatic rings. The summed E-state index contributed by atoms with van der Waals surface area (Å²) in [6.07, 6.45) is 4.12. The molecule has 0 spiro atoms. The third-order valence-electron chi connectivity index (χ3n) is 3.78. The molecule has 20 heavy (non-hydrogen) atoms. The maximum atomic E-state index is 12.1. The fraction of sp³-hybridized carbons (Fsp3) is 0.909. The second kappa shape index (κ2) is 5.98. The van der Waals surface area contributed by atoms with Crippen LogP contribution in [0.25, 0.3) is 0 Å². The first-order valence-electron chi connectivity index (χ1n) is 6.30. The number of sulfonamides is 1. The molecule has 0 aromatic carbocycles. The smallest absolute Gasteiger partial charge is 0.237 e. The number of likely N-dealkylation sites (N-methyl/N-ethyl adjacent to an activating group) is 2. The van der Waals surface area contributed by atoms with E-state index in [1.807, 2.05) is 0 Å². The van der Waals surface area contributed by atoms with E-state index in [0.717, 1.165) is 17.0 Å². The van der Waals surface area contributed by atoms with Gasteiger partial charge in [-0.3, -0.25) is 4.79 Å². The van der Waals surface area contributed by atoms with Crippen LogP contribution in [-0.2, 0) is 24.7 Å². The maximum absolute atomic E-state index is 12.1. The molecule has 0 radical (unpaired) electrons. The van der Waals surface area contributed by atoms with Gasteiger partial charge in [0.1, 0.15) is 0 Å². The Bertz CT molecular complexity index is 570. The van der Waals surface area contributed by atoms with Crippen molar-refractivity contribution in [3.63, 3.8) is 0 Å². The summed E-state index contributed by atoms with van der Waals surface area (Å²) in [6, 6.07) is -0.370. The van der Waals surface area contributed by atoms with Gasteiger partial charge in [-0.2, -0.15) is 4.31 Å². The second-order valence-electron chi connectivity index (χ2n) is 5.39. The van der Waals surface area contributed by atoms with Crippen LogP contribution in [0.5, 0.6) is 0 Å². The highest BCUT2D eigenvalue weighted by Gasteiger charge is 2.39. The lowest BCUT2D eigenvalue weighted by Crippen LogP contribution is -2.48. The van der Waals surface area contributed by atoms with Gasteiger partial charge in [0, 0.05) is 26.4 Å². The zero-order chi connectivity index (χ0) is 15.7. The first-order valence-corrected chi connectivity index (χ1v) is 10.1. The molecule has 1 aliphatic rings. The highest BCUT2D eigenvalue weighted by Crippen LogP contribution is 2.28. The molecule has 1 fully saturated rings. The van der Waals surface area contributed by atoms with E-state index in [2.05, 4.69) is 0 Å². The molecule has 0 saturated heterocycles. The first kappa shape index (κ1) is 17.4. The molecule has 1 rings (SSSR count). The summed E-state index contributed by atoms with van der Waals surface area (Å²) in [5.74, 6) is -0.390. The summed E-state index contributed by atoms with van der Waals surface area (Å²) in [5.41, 5.74) is 0. The summed E-state index contributed by atoms with van der Waals surface area (Å²) >= 11 is 0. The monoisotopic (exact) mass is 326 g/mol. The van der Waals surface area contributed by atoms with Crippen molar-refractivity contribution in [2.24, 2.45) is 0 Å². The minimum atomic E-state index is -3.43. The number of sulfone groups is 1. The predicted octanol–water partition coefficient (Wildman–Crippen LogP) is -0.698. The van der Waals surface area contributed by atoms with Crippen molar-refractivity contribution in [1.29, 1.82) is 0 Å². The topological polar surface area (TPSA) is 91.8 Å². The zero-order valence-corrected chi connectivity index (χ0v) is 13.9. The van der Waals surface area contributed by atoms with Gasteiger partial charge < -0.3 is 4.90 Å². The first-order chi connectivity index (χ1) is 8.94. The fourth-order valence-electron chi connectivity index (χ4n) is 2.45. The van der Waals surface area contributed by atoms with Crippen molar-refractivity contribution in [2.75, 3.05) is 33.2 Å². The van der Waals surface area contributed by atoms with Gasteiger partial charge >= 0.3 is 0 Å². The number of carbonyl (C=O) groups is 1. The Labute approximate surface area is 120 Å². The van der Waals surface area contributed by atoms with E-state index in [1.165, 1.54) is 25.3 Å². The molecule has 0 unspecified atom stereocenters. The van der Waals surface area contributed by atoms with E-state index in [-0.39, 0.29) is 12.6 Å². The summed E-state index contributed by atoms with van der Waals surface area (Å²) in [5, 5.41) is -0.556. The summed E-state index contributed by atoms with van der Waals surface area (Å²) in [4.78, 5) is 13.5. The molecule has 0 bridgehead atoms. The van der Waals surface area contributed by atoms with E-state index >= 15 is 0 Å². The second-order valence-corrected chi connectivity index (χ2v) is 9.74. The van der Waals surface area contributed by atoms with Crippen LogP contribution < -0.4 is 0 Å². The summed E-state index contributed by atoms with van der Waals surface area (Å²) in [6.45, 7) is -0.275. The lowest BCUT2D eigenvalue weighted by Gasteiger charge is -2.30. The van der Waals surface area contributed by atoms with E-state index in [0.29, 0.717) is 12.8 Å². The Hall–Kier alpha value is -0.670. The molecule has 0 aliphatic heterocycles. The number of amides is 1. The van der Waals surface area contributed by atoms with E-state index in [4.69, 9.17) is 0 Å². The van der Waals surface area contributed by atoms with Crippen LogP contribution in [0.4, 0.5) is 0 Å². The van der Waals surface area contributed by atoms with Gasteiger partial charge in [-0.05, 0) is 19.3 Å². The van der Waals surface area contributed by atoms with Crippen molar-refractivity contribution in [3.8, 4) is 0 Å². The van der Waals surface area contributed by atoms with Crippen molar-refractivity contribution < 1.29 is 21.6 Å². The van der Waals surface area contributed by atoms with Gasteiger partial charge in [-0.1, -0.05) is 0 Å². The molecule has 2 atom stereocenters. The molecule has 7 nitrogen and oxygen atoms in total. The van der Waals surface area contributed by atoms with Gasteiger partial charge in [0.15, 0.2) is 9.84 Å². The molecular formula is C11H22N2O5S2. The molecular weight excluding hydrogens is 304 g/mol. The Morgan fingerprint density at radius 2 is 1.65 bits per heavy atom. The van der Waals surface area contributed by atoms with Crippen LogP contribution in [0, 0.1) is 0 Å². The van der Waals surface area contributed by atoms with Gasteiger partial charge in [0.05, 0.1) is 18.1 Å². The van der Waals surface area contributed by atoms with Crippen molar-refractivity contribution in [1.82, 2.24) is 9.21 Å². The lowest BCUT2D eigenvalue weighted by molar-refractivity contribution is -0.131. The van der Waals surface area contributed by atoms with Gasteiger partial charge in [-0.15, -0.1) is 0 Å². The minimum Gasteiger partial charge on any atom is -0.340 e. The SMILES string of the molecule is CN(C(=O)CN(C)S(C)(=O)=O)[C@@H]1CCC[C@@H]1S(C)(=O)=O. The average molecular weight is 326 g/mol. The maximum Gasteiger partial charge on any atom is 0.237 e. The van der Waals surface area contributed by atoms with Crippen LogP contribution in [0.1, 0.15) is 19.3 Å². The Morgan fingerprint density at radius 1 is 1.10 bits per heavy atom. The molecule has 0 heterocycles. The Kier molecular flexibility index (Phi) is 5.20. The zero-order valence-electron chi connectivity index (χ0n) is 12.2.